The summed E-state index contributed by atoms with van der Waals surface area (Å²) < 4.78 is 9.97. The van der Waals surface area contributed by atoms with Gasteiger partial charge in [0, 0.05) is 26.1 Å². The molecule has 1 N–H and O–H groups in total. The number of anilines is 1. The molecule has 26 heavy (non-hydrogen) atoms. The lowest BCUT2D eigenvalue weighted by atomic mass is 10.1. The van der Waals surface area contributed by atoms with Gasteiger partial charge in [0.25, 0.3) is 0 Å². The highest BCUT2D eigenvalue weighted by Gasteiger charge is 2.17. The number of carbonyl (C=O) groups is 2. The van der Waals surface area contributed by atoms with Crippen molar-refractivity contribution in [2.24, 2.45) is 0 Å². The Kier molecular flexibility index (Phi) is 11.4. The first kappa shape index (κ1) is 22.2. The zero-order valence-electron chi connectivity index (χ0n) is 16.4. The third kappa shape index (κ3) is 9.56. The van der Waals surface area contributed by atoms with Gasteiger partial charge >= 0.3 is 0 Å². The van der Waals surface area contributed by atoms with Crippen LogP contribution in [0.2, 0.25) is 0 Å². The van der Waals surface area contributed by atoms with Crippen molar-refractivity contribution in [2.45, 2.75) is 65.2 Å². The summed E-state index contributed by atoms with van der Waals surface area (Å²) in [5, 5.41) is 6.37. The maximum Gasteiger partial charge on any atom is 0.245 e. The van der Waals surface area contributed by atoms with Crippen molar-refractivity contribution in [1.82, 2.24) is 10.1 Å². The second kappa shape index (κ2) is 13.3. The molecule has 0 spiro atoms. The fourth-order valence-electron chi connectivity index (χ4n) is 2.67. The van der Waals surface area contributed by atoms with E-state index in [1.165, 1.54) is 25.7 Å². The number of nitrogens with one attached hydrogen (secondary N) is 1. The molecule has 0 saturated heterocycles. The second-order valence-electron chi connectivity index (χ2n) is 6.55. The Labute approximate surface area is 156 Å². The first-order valence-electron chi connectivity index (χ1n) is 9.56. The van der Waals surface area contributed by atoms with Crippen LogP contribution in [0.4, 0.5) is 5.82 Å². The monoisotopic (exact) mass is 367 g/mol. The lowest BCUT2D eigenvalue weighted by Crippen LogP contribution is -2.39. The second-order valence-corrected chi connectivity index (χ2v) is 6.55. The molecule has 0 fully saturated rings. The molecule has 0 unspecified atom stereocenters. The van der Waals surface area contributed by atoms with Crippen LogP contribution in [-0.2, 0) is 14.3 Å². The summed E-state index contributed by atoms with van der Waals surface area (Å²) >= 11 is 0. The van der Waals surface area contributed by atoms with Crippen LogP contribution in [0.15, 0.2) is 10.6 Å². The summed E-state index contributed by atoms with van der Waals surface area (Å²) in [6, 6.07) is 1.64. The number of rotatable bonds is 14. The Balaban J connectivity index is 2.36. The van der Waals surface area contributed by atoms with Crippen molar-refractivity contribution < 1.29 is 18.8 Å². The number of amides is 2. The molecule has 0 saturated carbocycles. The summed E-state index contributed by atoms with van der Waals surface area (Å²) in [6.45, 7) is 4.74. The molecule has 148 valence electrons. The van der Waals surface area contributed by atoms with E-state index in [0.717, 1.165) is 19.3 Å². The van der Waals surface area contributed by atoms with Gasteiger partial charge in [-0.3, -0.25) is 9.59 Å². The molecule has 1 rings (SSSR count). The molecule has 0 aliphatic heterocycles. The third-order valence-corrected chi connectivity index (χ3v) is 4.14. The number of hydrogen-bond donors (Lipinski definition) is 1. The molecule has 7 heteroatoms. The van der Waals surface area contributed by atoms with E-state index < -0.39 is 0 Å². The van der Waals surface area contributed by atoms with E-state index in [1.807, 2.05) is 0 Å². The van der Waals surface area contributed by atoms with Crippen LogP contribution in [0.25, 0.3) is 0 Å². The van der Waals surface area contributed by atoms with Gasteiger partial charge in [0.15, 0.2) is 5.82 Å². The summed E-state index contributed by atoms with van der Waals surface area (Å²) in [5.74, 6) is 0.676. The van der Waals surface area contributed by atoms with Gasteiger partial charge in [-0.15, -0.1) is 0 Å². The first-order chi connectivity index (χ1) is 12.6. The van der Waals surface area contributed by atoms with Gasteiger partial charge in [-0.2, -0.15) is 0 Å². The Morgan fingerprint density at radius 1 is 1.19 bits per heavy atom. The SMILES string of the molecule is CCCCCCCCCC(=O)N(CCOC)CC(=O)Nc1cc(C)on1. The molecule has 2 amide bonds. The van der Waals surface area contributed by atoms with Gasteiger partial charge in [-0.05, 0) is 13.3 Å². The first-order valence-corrected chi connectivity index (χ1v) is 9.56. The van der Waals surface area contributed by atoms with Crippen molar-refractivity contribution >= 4 is 17.6 Å². The molecule has 0 aromatic carbocycles. The number of aromatic nitrogens is 1. The predicted octanol–water partition coefficient (Wildman–Crippen LogP) is 3.54. The number of carbonyl (C=O) groups excluding carboxylic acids is 2. The number of nitrogens with zero attached hydrogens (tertiary/aromatic N) is 2. The zero-order valence-corrected chi connectivity index (χ0v) is 16.4. The molecular formula is C19H33N3O4. The highest BCUT2D eigenvalue weighted by molar-refractivity contribution is 5.93. The minimum absolute atomic E-state index is 0.00932. The average Bonchev–Trinajstić information content (AvgIpc) is 3.02. The van der Waals surface area contributed by atoms with Gasteiger partial charge in [0.05, 0.1) is 13.2 Å². The van der Waals surface area contributed by atoms with Gasteiger partial charge in [-0.25, -0.2) is 0 Å². The molecule has 1 aromatic rings. The zero-order chi connectivity index (χ0) is 19.2. The van der Waals surface area contributed by atoms with Crippen molar-refractivity contribution in [3.05, 3.63) is 11.8 Å². The van der Waals surface area contributed by atoms with E-state index >= 15 is 0 Å². The van der Waals surface area contributed by atoms with Crippen molar-refractivity contribution in [3.8, 4) is 0 Å². The van der Waals surface area contributed by atoms with Crippen molar-refractivity contribution in [3.63, 3.8) is 0 Å². The maximum absolute atomic E-state index is 12.4. The molecular weight excluding hydrogens is 334 g/mol. The average molecular weight is 367 g/mol. The van der Waals surface area contributed by atoms with Crippen LogP contribution in [0.1, 0.15) is 64.1 Å². The molecule has 1 aromatic heterocycles. The molecule has 0 atom stereocenters. The van der Waals surface area contributed by atoms with Gasteiger partial charge in [0.1, 0.15) is 5.76 Å². The van der Waals surface area contributed by atoms with Crippen LogP contribution >= 0.6 is 0 Å². The van der Waals surface area contributed by atoms with Crippen LogP contribution in [0.3, 0.4) is 0 Å². The molecule has 7 nitrogen and oxygen atoms in total. The molecule has 1 heterocycles. The number of unbranched alkanes of at least 4 members (excludes halogenated alkanes) is 6. The van der Waals surface area contributed by atoms with E-state index in [4.69, 9.17) is 9.26 Å². The Hall–Kier alpha value is -1.89. The number of hydrogen-bond acceptors (Lipinski definition) is 5. The van der Waals surface area contributed by atoms with Gasteiger partial charge < -0.3 is 19.5 Å². The molecule has 0 bridgehead atoms. The third-order valence-electron chi connectivity index (χ3n) is 4.14. The van der Waals surface area contributed by atoms with Crippen molar-refractivity contribution in [2.75, 3.05) is 32.1 Å². The van der Waals surface area contributed by atoms with Crippen LogP contribution in [-0.4, -0.2) is 48.7 Å². The van der Waals surface area contributed by atoms with Crippen LogP contribution < -0.4 is 5.32 Å². The van der Waals surface area contributed by atoms with E-state index in [0.29, 0.717) is 31.2 Å². The normalized spacial score (nSPS) is 10.7. The Morgan fingerprint density at radius 2 is 1.88 bits per heavy atom. The fourth-order valence-corrected chi connectivity index (χ4v) is 2.67. The van der Waals surface area contributed by atoms with E-state index in [1.54, 1.807) is 25.0 Å². The Morgan fingerprint density at radius 3 is 2.50 bits per heavy atom. The summed E-state index contributed by atoms with van der Waals surface area (Å²) in [5.41, 5.74) is 0. The van der Waals surface area contributed by atoms with Crippen LogP contribution in [0, 0.1) is 6.92 Å². The van der Waals surface area contributed by atoms with Gasteiger partial charge in [-0.1, -0.05) is 50.6 Å². The standard InChI is InChI=1S/C19H33N3O4/c1-4-5-6-7-8-9-10-11-19(24)22(12-13-25-3)15-18(23)20-17-14-16(2)26-21-17/h14H,4-13,15H2,1-3H3,(H,20,21,23). The molecule has 0 aliphatic rings. The summed E-state index contributed by atoms with van der Waals surface area (Å²) in [6.07, 6.45) is 8.57. The summed E-state index contributed by atoms with van der Waals surface area (Å²) in [4.78, 5) is 26.1. The highest BCUT2D eigenvalue weighted by atomic mass is 16.5. The lowest BCUT2D eigenvalue weighted by Gasteiger charge is -2.21. The summed E-state index contributed by atoms with van der Waals surface area (Å²) in [7, 11) is 1.58. The minimum atomic E-state index is -0.290. The van der Waals surface area contributed by atoms with E-state index in [-0.39, 0.29) is 18.4 Å². The maximum atomic E-state index is 12.4. The van der Waals surface area contributed by atoms with E-state index in [2.05, 4.69) is 17.4 Å². The van der Waals surface area contributed by atoms with Crippen LogP contribution in [0.5, 0.6) is 0 Å². The quantitative estimate of drug-likeness (QED) is 0.508. The number of methoxy groups -OCH3 is 1. The van der Waals surface area contributed by atoms with E-state index in [9.17, 15) is 9.59 Å². The smallest absolute Gasteiger partial charge is 0.245 e. The lowest BCUT2D eigenvalue weighted by molar-refractivity contribution is -0.135. The number of ether oxygens (including phenoxy) is 1. The molecule has 0 radical (unpaired) electrons. The Bertz CT molecular complexity index is 531. The highest BCUT2D eigenvalue weighted by Crippen LogP contribution is 2.10. The molecule has 0 aliphatic carbocycles. The largest absolute Gasteiger partial charge is 0.383 e. The minimum Gasteiger partial charge on any atom is -0.383 e. The number of aryl methyl sites for hydroxylation is 1. The van der Waals surface area contributed by atoms with Gasteiger partial charge in [0.2, 0.25) is 11.8 Å². The van der Waals surface area contributed by atoms with Crippen molar-refractivity contribution in [1.29, 1.82) is 0 Å². The predicted molar refractivity (Wildman–Crippen MR) is 101 cm³/mol. The topological polar surface area (TPSA) is 84.7 Å². The fraction of sp³-hybridized carbons (Fsp3) is 0.737.